The highest BCUT2D eigenvalue weighted by atomic mass is 32.1. The molecule has 0 bridgehead atoms. The van der Waals surface area contributed by atoms with Crippen LogP contribution in [0.4, 0.5) is 0 Å². The summed E-state index contributed by atoms with van der Waals surface area (Å²) in [5.74, 6) is 0. The van der Waals surface area contributed by atoms with Crippen LogP contribution in [0.1, 0.15) is 38.8 Å². The van der Waals surface area contributed by atoms with E-state index in [1.54, 1.807) is 11.3 Å². The summed E-state index contributed by atoms with van der Waals surface area (Å²) in [5, 5.41) is 7.74. The van der Waals surface area contributed by atoms with Gasteiger partial charge in [-0.1, -0.05) is 6.92 Å². The Bertz CT molecular complexity index is 271. The maximum Gasteiger partial charge on any atom is 0.176 e. The molecule has 0 amide bonds. The molecule has 0 aliphatic carbocycles. The first-order valence-corrected chi connectivity index (χ1v) is 7.26. The fourth-order valence-corrected chi connectivity index (χ4v) is 2.39. The molecule has 0 aliphatic heterocycles. The normalized spacial score (nSPS) is 13.2. The number of rotatable bonds is 9. The van der Waals surface area contributed by atoms with Crippen molar-refractivity contribution in [3.05, 3.63) is 22.4 Å². The second-order valence-corrected chi connectivity index (χ2v) is 4.55. The molecule has 1 aromatic rings. The highest BCUT2D eigenvalue weighted by Crippen LogP contribution is 2.22. The predicted molar refractivity (Wildman–Crippen MR) is 72.4 cm³/mol. The van der Waals surface area contributed by atoms with Crippen molar-refractivity contribution in [2.45, 2.75) is 39.5 Å². The SMILES string of the molecule is CCCNC(c1ccsc1)C(OCC)OCC. The summed E-state index contributed by atoms with van der Waals surface area (Å²) in [7, 11) is 0. The summed E-state index contributed by atoms with van der Waals surface area (Å²) in [6.07, 6.45) is 0.900. The molecule has 1 aromatic heterocycles. The Morgan fingerprint density at radius 3 is 2.41 bits per heavy atom. The lowest BCUT2D eigenvalue weighted by Crippen LogP contribution is -2.36. The first kappa shape index (κ1) is 14.6. The van der Waals surface area contributed by atoms with Crippen LogP contribution >= 0.6 is 11.3 Å². The Hall–Kier alpha value is -0.420. The van der Waals surface area contributed by atoms with Crippen molar-refractivity contribution in [2.24, 2.45) is 0 Å². The minimum atomic E-state index is -0.203. The summed E-state index contributed by atoms with van der Waals surface area (Å²) >= 11 is 1.70. The average molecular weight is 257 g/mol. The number of nitrogens with one attached hydrogen (secondary N) is 1. The van der Waals surface area contributed by atoms with E-state index in [2.05, 4.69) is 29.1 Å². The molecule has 0 aromatic carbocycles. The number of hydrogen-bond donors (Lipinski definition) is 1. The molecule has 17 heavy (non-hydrogen) atoms. The Labute approximate surface area is 108 Å². The maximum absolute atomic E-state index is 5.69. The molecule has 0 spiro atoms. The first-order valence-electron chi connectivity index (χ1n) is 6.32. The standard InChI is InChI=1S/C13H23NO2S/c1-4-8-14-12(11-7-9-17-10-11)13(15-5-2)16-6-3/h7,9-10,12-14H,4-6,8H2,1-3H3. The van der Waals surface area contributed by atoms with Crippen LogP contribution in [0.15, 0.2) is 16.8 Å². The molecular formula is C13H23NO2S. The van der Waals surface area contributed by atoms with Gasteiger partial charge in [0, 0.05) is 13.2 Å². The molecule has 1 atom stereocenters. The van der Waals surface area contributed by atoms with E-state index in [-0.39, 0.29) is 12.3 Å². The summed E-state index contributed by atoms with van der Waals surface area (Å²) in [4.78, 5) is 0. The van der Waals surface area contributed by atoms with Gasteiger partial charge in [0.25, 0.3) is 0 Å². The molecule has 0 saturated heterocycles. The van der Waals surface area contributed by atoms with Gasteiger partial charge in [0.05, 0.1) is 6.04 Å². The van der Waals surface area contributed by atoms with Gasteiger partial charge in [0.1, 0.15) is 0 Å². The van der Waals surface area contributed by atoms with Crippen LogP contribution in [0.3, 0.4) is 0 Å². The van der Waals surface area contributed by atoms with E-state index in [1.165, 1.54) is 5.56 Å². The van der Waals surface area contributed by atoms with E-state index in [0.717, 1.165) is 13.0 Å². The zero-order chi connectivity index (χ0) is 12.5. The molecule has 1 rings (SSSR count). The van der Waals surface area contributed by atoms with Gasteiger partial charge >= 0.3 is 0 Å². The van der Waals surface area contributed by atoms with Crippen molar-refractivity contribution in [1.29, 1.82) is 0 Å². The molecule has 0 aliphatic rings. The molecule has 0 fully saturated rings. The molecule has 1 N–H and O–H groups in total. The van der Waals surface area contributed by atoms with Gasteiger partial charge in [-0.25, -0.2) is 0 Å². The third-order valence-electron chi connectivity index (χ3n) is 2.45. The van der Waals surface area contributed by atoms with E-state index in [4.69, 9.17) is 9.47 Å². The smallest absolute Gasteiger partial charge is 0.176 e. The minimum absolute atomic E-state index is 0.126. The quantitative estimate of drug-likeness (QED) is 0.689. The summed E-state index contributed by atoms with van der Waals surface area (Å²) < 4.78 is 11.4. The Morgan fingerprint density at radius 2 is 1.94 bits per heavy atom. The van der Waals surface area contributed by atoms with Crippen LogP contribution < -0.4 is 5.32 Å². The van der Waals surface area contributed by atoms with Gasteiger partial charge in [-0.2, -0.15) is 11.3 Å². The third kappa shape index (κ3) is 4.76. The molecule has 98 valence electrons. The van der Waals surface area contributed by atoms with Gasteiger partial charge in [0.15, 0.2) is 6.29 Å². The van der Waals surface area contributed by atoms with E-state index in [0.29, 0.717) is 13.2 Å². The van der Waals surface area contributed by atoms with Crippen molar-refractivity contribution in [3.8, 4) is 0 Å². The van der Waals surface area contributed by atoms with Gasteiger partial charge in [-0.3, -0.25) is 0 Å². The molecule has 0 saturated carbocycles. The second kappa shape index (κ2) is 8.64. The molecule has 1 heterocycles. The van der Waals surface area contributed by atoms with Crippen molar-refractivity contribution in [2.75, 3.05) is 19.8 Å². The zero-order valence-corrected chi connectivity index (χ0v) is 11.8. The first-order chi connectivity index (χ1) is 8.33. The van der Waals surface area contributed by atoms with E-state index >= 15 is 0 Å². The molecule has 4 heteroatoms. The minimum Gasteiger partial charge on any atom is -0.351 e. The van der Waals surface area contributed by atoms with Crippen LogP contribution in [-0.2, 0) is 9.47 Å². The van der Waals surface area contributed by atoms with Crippen molar-refractivity contribution >= 4 is 11.3 Å². The Balaban J connectivity index is 2.71. The van der Waals surface area contributed by atoms with Crippen molar-refractivity contribution in [3.63, 3.8) is 0 Å². The topological polar surface area (TPSA) is 30.5 Å². The van der Waals surface area contributed by atoms with E-state index in [9.17, 15) is 0 Å². The molecular weight excluding hydrogens is 234 g/mol. The fourth-order valence-electron chi connectivity index (χ4n) is 1.69. The van der Waals surface area contributed by atoms with Crippen LogP contribution in [0, 0.1) is 0 Å². The number of thiophene rings is 1. The Kier molecular flexibility index (Phi) is 7.44. The monoisotopic (exact) mass is 257 g/mol. The van der Waals surface area contributed by atoms with Crippen molar-refractivity contribution in [1.82, 2.24) is 5.32 Å². The second-order valence-electron chi connectivity index (χ2n) is 3.77. The third-order valence-corrected chi connectivity index (χ3v) is 3.15. The molecule has 0 radical (unpaired) electrons. The van der Waals surface area contributed by atoms with Crippen LogP contribution in [0.5, 0.6) is 0 Å². The van der Waals surface area contributed by atoms with E-state index < -0.39 is 0 Å². The maximum atomic E-state index is 5.69. The lowest BCUT2D eigenvalue weighted by molar-refractivity contribution is -0.155. The van der Waals surface area contributed by atoms with Crippen molar-refractivity contribution < 1.29 is 9.47 Å². The average Bonchev–Trinajstić information content (AvgIpc) is 2.84. The summed E-state index contributed by atoms with van der Waals surface area (Å²) in [6.45, 7) is 8.45. The molecule has 3 nitrogen and oxygen atoms in total. The van der Waals surface area contributed by atoms with Crippen LogP contribution in [0.2, 0.25) is 0 Å². The van der Waals surface area contributed by atoms with Gasteiger partial charge < -0.3 is 14.8 Å². The van der Waals surface area contributed by atoms with Crippen LogP contribution in [0.25, 0.3) is 0 Å². The van der Waals surface area contributed by atoms with E-state index in [1.807, 2.05) is 13.8 Å². The summed E-state index contributed by atoms with van der Waals surface area (Å²) in [5.41, 5.74) is 1.25. The highest BCUT2D eigenvalue weighted by Gasteiger charge is 2.23. The lowest BCUT2D eigenvalue weighted by Gasteiger charge is -2.27. The summed E-state index contributed by atoms with van der Waals surface area (Å²) in [6, 6.07) is 2.25. The van der Waals surface area contributed by atoms with Gasteiger partial charge in [-0.05, 0) is 49.2 Å². The highest BCUT2D eigenvalue weighted by molar-refractivity contribution is 7.07. The van der Waals surface area contributed by atoms with Crippen LogP contribution in [-0.4, -0.2) is 26.0 Å². The van der Waals surface area contributed by atoms with Gasteiger partial charge in [-0.15, -0.1) is 0 Å². The zero-order valence-electron chi connectivity index (χ0n) is 10.9. The predicted octanol–water partition coefficient (Wildman–Crippen LogP) is 3.19. The molecule has 1 unspecified atom stereocenters. The Morgan fingerprint density at radius 1 is 1.24 bits per heavy atom. The fraction of sp³-hybridized carbons (Fsp3) is 0.692. The number of ether oxygens (including phenoxy) is 2. The number of hydrogen-bond acceptors (Lipinski definition) is 4. The van der Waals surface area contributed by atoms with Gasteiger partial charge in [0.2, 0.25) is 0 Å². The largest absolute Gasteiger partial charge is 0.351 e. The lowest BCUT2D eigenvalue weighted by atomic mass is 10.1.